The van der Waals surface area contributed by atoms with Gasteiger partial charge in [0.05, 0.1) is 12.7 Å². The molecule has 0 rings (SSSR count). The van der Waals surface area contributed by atoms with Gasteiger partial charge in [-0.1, -0.05) is 162 Å². The lowest BCUT2D eigenvalue weighted by atomic mass is 10.0. The second kappa shape index (κ2) is 43.0. The normalized spacial score (nSPS) is 11.2. The molecule has 0 radical (unpaired) electrons. The van der Waals surface area contributed by atoms with Gasteiger partial charge in [0.1, 0.15) is 6.29 Å². The molecule has 0 saturated carbocycles. The number of rotatable bonds is 37. The summed E-state index contributed by atoms with van der Waals surface area (Å²) in [7, 11) is 1.89. The highest BCUT2D eigenvalue weighted by Gasteiger charge is 2.07. The molecule has 1 N–H and O–H groups in total. The number of aldehydes is 1. The Morgan fingerprint density at radius 1 is 0.574 bits per heavy atom. The van der Waals surface area contributed by atoms with Crippen molar-refractivity contribution in [3.63, 3.8) is 0 Å². The number of unbranched alkanes of at least 4 members (excludes halogenated alkanes) is 23. The highest BCUT2D eigenvalue weighted by atomic mass is 16.5. The monoisotopic (exact) mass is 670 g/mol. The molecule has 282 valence electrons. The fraction of sp³-hybridized carbons (Fsp3) is 0.951. The minimum absolute atomic E-state index is 0.0536. The number of carbonyl (C=O) groups excluding carboxylic acids is 2. The van der Waals surface area contributed by atoms with E-state index in [1.807, 2.05) is 7.11 Å². The summed E-state index contributed by atoms with van der Waals surface area (Å²) < 4.78 is 10.9. The van der Waals surface area contributed by atoms with Crippen LogP contribution in [0.1, 0.15) is 220 Å². The quantitative estimate of drug-likeness (QED) is 0.0307. The zero-order chi connectivity index (χ0) is 34.9. The molecular formula is C41H83NO5. The predicted molar refractivity (Wildman–Crippen MR) is 201 cm³/mol. The number of esters is 1. The zero-order valence-electron chi connectivity index (χ0n) is 32.2. The van der Waals surface area contributed by atoms with Crippen molar-refractivity contribution in [3.05, 3.63) is 0 Å². The summed E-state index contributed by atoms with van der Waals surface area (Å²) >= 11 is 0. The van der Waals surface area contributed by atoms with E-state index in [0.29, 0.717) is 38.6 Å². The highest BCUT2D eigenvalue weighted by molar-refractivity contribution is 5.69. The Morgan fingerprint density at radius 3 is 1.45 bits per heavy atom. The maximum Gasteiger partial charge on any atom is 0.305 e. The number of hydrogen-bond donors (Lipinski definition) is 1. The number of ether oxygens (including phenoxy) is 2. The zero-order valence-corrected chi connectivity index (χ0v) is 32.2. The van der Waals surface area contributed by atoms with Gasteiger partial charge in [0.25, 0.3) is 0 Å². The Hall–Kier alpha value is -0.980. The van der Waals surface area contributed by atoms with Crippen molar-refractivity contribution >= 4 is 12.3 Å². The van der Waals surface area contributed by atoms with Gasteiger partial charge in [0, 0.05) is 33.0 Å². The van der Waals surface area contributed by atoms with E-state index in [1.54, 1.807) is 0 Å². The molecule has 0 heterocycles. The van der Waals surface area contributed by atoms with E-state index in [-0.39, 0.29) is 5.97 Å². The van der Waals surface area contributed by atoms with E-state index in [9.17, 15) is 14.8 Å². The highest BCUT2D eigenvalue weighted by Crippen LogP contribution is 2.16. The molecule has 0 aliphatic carbocycles. The first-order valence-corrected chi connectivity index (χ1v) is 20.6. The maximum absolute atomic E-state index is 11.7. The van der Waals surface area contributed by atoms with Crippen molar-refractivity contribution in [3.8, 4) is 0 Å². The molecule has 0 spiro atoms. The standard InChI is InChI=1S/C23H45NO4.C18H38O/c1-2-3-4-5-6-12-17-22-28-23(26)18-13-8-7-9-14-19-24(27)20-15-10-11-16-21-25;1-4-6-8-10-12-14-16-18(19-3)17-15-13-11-9-7-5-2/h21,27H,2-20,22H2,1H3;18H,4-17H2,1-3H3. The van der Waals surface area contributed by atoms with Crippen LogP contribution in [0, 0.1) is 0 Å². The van der Waals surface area contributed by atoms with Gasteiger partial charge >= 0.3 is 5.97 Å². The summed E-state index contributed by atoms with van der Waals surface area (Å²) in [5.74, 6) is -0.0536. The van der Waals surface area contributed by atoms with E-state index in [1.165, 1.54) is 127 Å². The van der Waals surface area contributed by atoms with Gasteiger partial charge in [-0.15, -0.1) is 0 Å². The number of nitrogens with zero attached hydrogens (tertiary/aromatic N) is 1. The molecule has 0 saturated heterocycles. The Balaban J connectivity index is 0. The van der Waals surface area contributed by atoms with Gasteiger partial charge in [-0.25, -0.2) is 0 Å². The van der Waals surface area contributed by atoms with Gasteiger partial charge < -0.3 is 19.5 Å². The minimum atomic E-state index is -0.0536. The van der Waals surface area contributed by atoms with Crippen LogP contribution in [0.3, 0.4) is 0 Å². The Bertz CT molecular complexity index is 586. The fourth-order valence-electron chi connectivity index (χ4n) is 5.91. The number of methoxy groups -OCH3 is 1. The molecule has 47 heavy (non-hydrogen) atoms. The molecule has 0 aromatic heterocycles. The van der Waals surface area contributed by atoms with Crippen molar-refractivity contribution < 1.29 is 24.3 Å². The Kier molecular flexibility index (Phi) is 44.1. The van der Waals surface area contributed by atoms with Crippen LogP contribution in [-0.4, -0.2) is 55.4 Å². The second-order valence-corrected chi connectivity index (χ2v) is 13.8. The number of hydrogen-bond acceptors (Lipinski definition) is 6. The first-order chi connectivity index (χ1) is 23.0. The predicted octanol–water partition coefficient (Wildman–Crippen LogP) is 12.6. The van der Waals surface area contributed by atoms with E-state index < -0.39 is 0 Å². The molecule has 0 amide bonds. The minimum Gasteiger partial charge on any atom is -0.466 e. The fourth-order valence-corrected chi connectivity index (χ4v) is 5.91. The van der Waals surface area contributed by atoms with Crippen LogP contribution in [0.4, 0.5) is 0 Å². The van der Waals surface area contributed by atoms with Crippen LogP contribution in [0.2, 0.25) is 0 Å². The van der Waals surface area contributed by atoms with Crippen molar-refractivity contribution in [1.29, 1.82) is 0 Å². The van der Waals surface area contributed by atoms with E-state index in [2.05, 4.69) is 20.8 Å². The van der Waals surface area contributed by atoms with Gasteiger partial charge in [0.2, 0.25) is 0 Å². The molecule has 0 bridgehead atoms. The molecule has 6 heteroatoms. The third-order valence-corrected chi connectivity index (χ3v) is 9.14. The molecule has 0 aliphatic heterocycles. The maximum atomic E-state index is 11.7. The van der Waals surface area contributed by atoms with Crippen LogP contribution in [0.25, 0.3) is 0 Å². The van der Waals surface area contributed by atoms with E-state index in [0.717, 1.165) is 70.5 Å². The van der Waals surface area contributed by atoms with Crippen LogP contribution < -0.4 is 0 Å². The topological polar surface area (TPSA) is 76.1 Å². The molecule has 0 aliphatic rings. The molecule has 0 aromatic carbocycles. The van der Waals surface area contributed by atoms with Gasteiger partial charge in [-0.3, -0.25) is 4.79 Å². The largest absolute Gasteiger partial charge is 0.466 e. The third-order valence-electron chi connectivity index (χ3n) is 9.14. The Labute approximate surface area is 293 Å². The molecule has 0 unspecified atom stereocenters. The summed E-state index contributed by atoms with van der Waals surface area (Å²) in [6.07, 6.45) is 38.5. The molecule has 0 fully saturated rings. The van der Waals surface area contributed by atoms with E-state index in [4.69, 9.17) is 9.47 Å². The summed E-state index contributed by atoms with van der Waals surface area (Å²) in [5, 5.41) is 11.1. The SMILES string of the molecule is CCCCCCCCC(CCCCCCCC)OC.CCCCCCCCCOC(=O)CCCCCCCN(O)CCCCCC=O. The first kappa shape index (κ1) is 48.1. The Morgan fingerprint density at radius 2 is 0.979 bits per heavy atom. The number of hydroxylamine groups is 2. The average molecular weight is 670 g/mol. The van der Waals surface area contributed by atoms with Gasteiger partial charge in [-0.2, -0.15) is 5.06 Å². The molecule has 0 aromatic rings. The van der Waals surface area contributed by atoms with E-state index >= 15 is 0 Å². The number of carbonyl (C=O) groups is 2. The van der Waals surface area contributed by atoms with Crippen molar-refractivity contribution in [2.45, 2.75) is 226 Å². The molecule has 6 nitrogen and oxygen atoms in total. The third kappa shape index (κ3) is 43.0. The van der Waals surface area contributed by atoms with Crippen LogP contribution in [0.5, 0.6) is 0 Å². The lowest BCUT2D eigenvalue weighted by Crippen LogP contribution is -2.21. The van der Waals surface area contributed by atoms with Crippen molar-refractivity contribution in [2.24, 2.45) is 0 Å². The van der Waals surface area contributed by atoms with Gasteiger partial charge in [-0.05, 0) is 44.9 Å². The van der Waals surface area contributed by atoms with Crippen LogP contribution in [-0.2, 0) is 19.1 Å². The van der Waals surface area contributed by atoms with Crippen molar-refractivity contribution in [1.82, 2.24) is 5.06 Å². The molecule has 0 atom stereocenters. The van der Waals surface area contributed by atoms with Gasteiger partial charge in [0.15, 0.2) is 0 Å². The summed E-state index contributed by atoms with van der Waals surface area (Å²) in [6.45, 7) is 8.75. The lowest BCUT2D eigenvalue weighted by Gasteiger charge is -2.15. The van der Waals surface area contributed by atoms with Crippen LogP contribution >= 0.6 is 0 Å². The average Bonchev–Trinajstić information content (AvgIpc) is 3.07. The van der Waals surface area contributed by atoms with Crippen LogP contribution in [0.15, 0.2) is 0 Å². The smallest absolute Gasteiger partial charge is 0.305 e. The molecular weight excluding hydrogens is 586 g/mol. The second-order valence-electron chi connectivity index (χ2n) is 13.8. The summed E-state index contributed by atoms with van der Waals surface area (Å²) in [4.78, 5) is 21.9. The van der Waals surface area contributed by atoms with Crippen molar-refractivity contribution in [2.75, 3.05) is 26.8 Å². The summed E-state index contributed by atoms with van der Waals surface area (Å²) in [5.41, 5.74) is 0. The summed E-state index contributed by atoms with van der Waals surface area (Å²) in [6, 6.07) is 0. The first-order valence-electron chi connectivity index (χ1n) is 20.6. The lowest BCUT2D eigenvalue weighted by molar-refractivity contribution is -0.143.